The highest BCUT2D eigenvalue weighted by Crippen LogP contribution is 2.25. The lowest BCUT2D eigenvalue weighted by Crippen LogP contribution is -2.21. The van der Waals surface area contributed by atoms with Crippen LogP contribution in [0.15, 0.2) is 71.6 Å². The highest BCUT2D eigenvalue weighted by atomic mass is 32.2. The van der Waals surface area contributed by atoms with Gasteiger partial charge in [0.15, 0.2) is 0 Å². The molecular formula is C24H27NO6S. The summed E-state index contributed by atoms with van der Waals surface area (Å²) in [6.07, 6.45) is -0.776. The molecule has 3 aromatic rings. The van der Waals surface area contributed by atoms with Gasteiger partial charge in [-0.3, -0.25) is 0 Å². The molecule has 0 saturated heterocycles. The molecule has 0 aromatic heterocycles. The number of benzene rings is 3. The Morgan fingerprint density at radius 1 is 0.906 bits per heavy atom. The van der Waals surface area contributed by atoms with Crippen LogP contribution in [0.2, 0.25) is 0 Å². The number of nitrogens with one attached hydrogen (secondary N) is 1. The topological polar surface area (TPSA) is 94.1 Å². The molecule has 0 spiro atoms. The van der Waals surface area contributed by atoms with Crippen molar-refractivity contribution in [1.29, 1.82) is 0 Å². The zero-order valence-corrected chi connectivity index (χ0v) is 19.1. The Bertz CT molecular complexity index is 1130. The van der Waals surface area contributed by atoms with E-state index in [0.717, 1.165) is 11.1 Å². The molecule has 0 fully saturated rings. The molecule has 0 heterocycles. The first-order chi connectivity index (χ1) is 15.3. The zero-order valence-electron chi connectivity index (χ0n) is 18.2. The summed E-state index contributed by atoms with van der Waals surface area (Å²) in [5.74, 6) is 1.58. The van der Waals surface area contributed by atoms with Crippen molar-refractivity contribution in [3.8, 4) is 17.2 Å². The van der Waals surface area contributed by atoms with Gasteiger partial charge in [0.2, 0.25) is 0 Å². The fourth-order valence-electron chi connectivity index (χ4n) is 3.08. The SMILES string of the molecule is COc1ccc(CNCC(O)c2ccc(OS(=O)(=O)c3ccc(C)cc3)cc2)c(OC)c1. The van der Waals surface area contributed by atoms with Crippen LogP contribution in [0.5, 0.6) is 17.2 Å². The van der Waals surface area contributed by atoms with Gasteiger partial charge in [0, 0.05) is 24.7 Å². The summed E-state index contributed by atoms with van der Waals surface area (Å²) in [5, 5.41) is 13.7. The molecule has 1 unspecified atom stereocenters. The molecule has 3 rings (SSSR count). The van der Waals surface area contributed by atoms with Gasteiger partial charge in [0.25, 0.3) is 0 Å². The molecule has 0 aliphatic rings. The zero-order chi connectivity index (χ0) is 23.1. The second-order valence-electron chi connectivity index (χ2n) is 7.24. The van der Waals surface area contributed by atoms with Crippen LogP contribution >= 0.6 is 0 Å². The predicted octanol–water partition coefficient (Wildman–Crippen LogP) is 3.60. The van der Waals surface area contributed by atoms with Crippen molar-refractivity contribution in [3.05, 3.63) is 83.4 Å². The number of hydrogen-bond acceptors (Lipinski definition) is 7. The largest absolute Gasteiger partial charge is 0.497 e. The minimum absolute atomic E-state index is 0.0883. The van der Waals surface area contributed by atoms with E-state index in [-0.39, 0.29) is 10.6 Å². The summed E-state index contributed by atoms with van der Waals surface area (Å²) < 4.78 is 40.6. The molecule has 0 amide bonds. The number of aliphatic hydroxyl groups is 1. The van der Waals surface area contributed by atoms with Crippen molar-refractivity contribution < 1.29 is 27.2 Å². The maximum absolute atomic E-state index is 12.4. The molecule has 7 nitrogen and oxygen atoms in total. The van der Waals surface area contributed by atoms with Gasteiger partial charge in [-0.1, -0.05) is 35.9 Å². The van der Waals surface area contributed by atoms with E-state index >= 15 is 0 Å². The van der Waals surface area contributed by atoms with Crippen LogP contribution in [-0.2, 0) is 16.7 Å². The third-order valence-electron chi connectivity index (χ3n) is 4.93. The second-order valence-corrected chi connectivity index (χ2v) is 8.79. The molecule has 0 saturated carbocycles. The fraction of sp³-hybridized carbons (Fsp3) is 0.250. The summed E-state index contributed by atoms with van der Waals surface area (Å²) in [5.41, 5.74) is 2.53. The Morgan fingerprint density at radius 2 is 1.56 bits per heavy atom. The average Bonchev–Trinajstić information content (AvgIpc) is 2.79. The van der Waals surface area contributed by atoms with E-state index < -0.39 is 16.2 Å². The molecule has 0 aliphatic heterocycles. The van der Waals surface area contributed by atoms with E-state index in [0.29, 0.717) is 30.2 Å². The molecule has 0 bridgehead atoms. The van der Waals surface area contributed by atoms with Gasteiger partial charge < -0.3 is 24.1 Å². The number of ether oxygens (including phenoxy) is 2. The molecule has 0 aliphatic carbocycles. The van der Waals surface area contributed by atoms with Crippen LogP contribution in [0, 0.1) is 6.92 Å². The standard InChI is InChI=1S/C24H27NO6S/c1-17-4-12-22(13-5-17)32(27,28)31-20-9-6-18(7-10-20)23(26)16-25-15-19-8-11-21(29-2)14-24(19)30-3/h4-14,23,25-26H,15-16H2,1-3H3. The number of rotatable bonds is 10. The first-order valence-corrected chi connectivity index (χ1v) is 11.4. The normalized spacial score (nSPS) is 12.2. The fourth-order valence-corrected chi connectivity index (χ4v) is 4.01. The molecule has 1 atom stereocenters. The maximum Gasteiger partial charge on any atom is 0.339 e. The molecule has 3 aromatic carbocycles. The van der Waals surface area contributed by atoms with E-state index in [1.807, 2.05) is 19.1 Å². The smallest absolute Gasteiger partial charge is 0.339 e. The third kappa shape index (κ3) is 6.00. The Morgan fingerprint density at radius 3 is 2.19 bits per heavy atom. The number of methoxy groups -OCH3 is 2. The van der Waals surface area contributed by atoms with Crippen LogP contribution in [0.1, 0.15) is 22.8 Å². The average molecular weight is 458 g/mol. The van der Waals surface area contributed by atoms with Gasteiger partial charge in [0.05, 0.1) is 20.3 Å². The minimum Gasteiger partial charge on any atom is -0.497 e. The Balaban J connectivity index is 1.57. The molecule has 170 valence electrons. The van der Waals surface area contributed by atoms with Crippen molar-refractivity contribution in [2.45, 2.75) is 24.5 Å². The lowest BCUT2D eigenvalue weighted by Gasteiger charge is -2.15. The van der Waals surface area contributed by atoms with Crippen LogP contribution in [0.3, 0.4) is 0 Å². The van der Waals surface area contributed by atoms with Crippen molar-refractivity contribution in [2.24, 2.45) is 0 Å². The number of aryl methyl sites for hydroxylation is 1. The van der Waals surface area contributed by atoms with E-state index in [9.17, 15) is 13.5 Å². The Hall–Kier alpha value is -3.07. The first-order valence-electron chi connectivity index (χ1n) is 10.0. The van der Waals surface area contributed by atoms with Crippen LogP contribution in [0.25, 0.3) is 0 Å². The molecule has 32 heavy (non-hydrogen) atoms. The van der Waals surface area contributed by atoms with Gasteiger partial charge in [-0.05, 0) is 42.8 Å². The van der Waals surface area contributed by atoms with E-state index in [1.54, 1.807) is 44.6 Å². The Labute approximate surface area is 188 Å². The van der Waals surface area contributed by atoms with E-state index in [2.05, 4.69) is 5.32 Å². The number of hydrogen-bond donors (Lipinski definition) is 2. The monoisotopic (exact) mass is 457 g/mol. The number of aliphatic hydroxyl groups excluding tert-OH is 1. The Kier molecular flexibility index (Phi) is 7.74. The van der Waals surface area contributed by atoms with E-state index in [4.69, 9.17) is 13.7 Å². The summed E-state index contributed by atoms with van der Waals surface area (Å²) in [6, 6.07) is 18.3. The molecular weight excluding hydrogens is 430 g/mol. The van der Waals surface area contributed by atoms with Crippen molar-refractivity contribution >= 4 is 10.1 Å². The van der Waals surface area contributed by atoms with Crippen LogP contribution in [-0.4, -0.2) is 34.3 Å². The van der Waals surface area contributed by atoms with Crippen molar-refractivity contribution in [3.63, 3.8) is 0 Å². The minimum atomic E-state index is -3.92. The molecule has 0 radical (unpaired) electrons. The third-order valence-corrected chi connectivity index (χ3v) is 6.19. The van der Waals surface area contributed by atoms with Gasteiger partial charge >= 0.3 is 10.1 Å². The molecule has 8 heteroatoms. The molecule has 2 N–H and O–H groups in total. The van der Waals surface area contributed by atoms with Crippen LogP contribution < -0.4 is 19.0 Å². The lowest BCUT2D eigenvalue weighted by molar-refractivity contribution is 0.174. The quantitative estimate of drug-likeness (QED) is 0.449. The van der Waals surface area contributed by atoms with Crippen molar-refractivity contribution in [2.75, 3.05) is 20.8 Å². The van der Waals surface area contributed by atoms with Gasteiger partial charge in [-0.15, -0.1) is 0 Å². The highest BCUT2D eigenvalue weighted by molar-refractivity contribution is 7.87. The van der Waals surface area contributed by atoms with E-state index in [1.165, 1.54) is 24.3 Å². The second kappa shape index (κ2) is 10.5. The predicted molar refractivity (Wildman–Crippen MR) is 122 cm³/mol. The summed E-state index contributed by atoms with van der Waals surface area (Å²) in [6.45, 7) is 2.68. The summed E-state index contributed by atoms with van der Waals surface area (Å²) >= 11 is 0. The summed E-state index contributed by atoms with van der Waals surface area (Å²) in [7, 11) is -0.728. The lowest BCUT2D eigenvalue weighted by atomic mass is 10.1. The maximum atomic E-state index is 12.4. The highest BCUT2D eigenvalue weighted by Gasteiger charge is 2.17. The van der Waals surface area contributed by atoms with Crippen molar-refractivity contribution in [1.82, 2.24) is 5.32 Å². The van der Waals surface area contributed by atoms with Gasteiger partial charge in [-0.25, -0.2) is 0 Å². The summed E-state index contributed by atoms with van der Waals surface area (Å²) in [4.78, 5) is 0.0883. The first kappa shape index (κ1) is 23.6. The van der Waals surface area contributed by atoms with Gasteiger partial charge in [0.1, 0.15) is 22.1 Å². The van der Waals surface area contributed by atoms with Crippen LogP contribution in [0.4, 0.5) is 0 Å². The van der Waals surface area contributed by atoms with Gasteiger partial charge in [-0.2, -0.15) is 8.42 Å².